The number of rotatable bonds is 10. The van der Waals surface area contributed by atoms with E-state index in [1.165, 1.54) is 0 Å². The Morgan fingerprint density at radius 1 is 1.24 bits per heavy atom. The standard InChI is InChI=1S/C15H23N5O/c1-2-7-16-12-15-13-20(19-18-15)9-11-21-10-6-14-5-3-4-8-17-14/h3-5,8,13,16H,2,6-7,9-12H2,1H3. The van der Waals surface area contributed by atoms with Crippen LogP contribution in [0.2, 0.25) is 0 Å². The number of nitrogens with one attached hydrogen (secondary N) is 1. The summed E-state index contributed by atoms with van der Waals surface area (Å²) in [5, 5.41) is 11.5. The van der Waals surface area contributed by atoms with E-state index in [2.05, 4.69) is 27.5 Å². The normalized spacial score (nSPS) is 10.9. The molecular formula is C15H23N5O. The smallest absolute Gasteiger partial charge is 0.0964 e. The molecule has 0 aromatic carbocycles. The van der Waals surface area contributed by atoms with Gasteiger partial charge in [-0.3, -0.25) is 4.98 Å². The Kier molecular flexibility index (Phi) is 6.83. The van der Waals surface area contributed by atoms with Gasteiger partial charge in [0.05, 0.1) is 25.5 Å². The lowest BCUT2D eigenvalue weighted by molar-refractivity contribution is 0.125. The third-order valence-electron chi connectivity index (χ3n) is 3.01. The van der Waals surface area contributed by atoms with Crippen LogP contribution >= 0.6 is 0 Å². The fourth-order valence-corrected chi connectivity index (χ4v) is 1.90. The molecule has 114 valence electrons. The first-order chi connectivity index (χ1) is 10.4. The van der Waals surface area contributed by atoms with Gasteiger partial charge in [0.2, 0.25) is 0 Å². The maximum atomic E-state index is 5.61. The highest BCUT2D eigenvalue weighted by atomic mass is 16.5. The Bertz CT molecular complexity index is 500. The molecule has 0 amide bonds. The Balaban J connectivity index is 1.58. The zero-order chi connectivity index (χ0) is 14.8. The monoisotopic (exact) mass is 289 g/mol. The largest absolute Gasteiger partial charge is 0.379 e. The van der Waals surface area contributed by atoms with E-state index >= 15 is 0 Å². The van der Waals surface area contributed by atoms with Crippen molar-refractivity contribution in [1.29, 1.82) is 0 Å². The van der Waals surface area contributed by atoms with Gasteiger partial charge in [0.1, 0.15) is 0 Å². The van der Waals surface area contributed by atoms with Crippen LogP contribution in [0.3, 0.4) is 0 Å². The number of hydrogen-bond donors (Lipinski definition) is 1. The third kappa shape index (κ3) is 6.01. The predicted octanol–water partition coefficient (Wildman–Crippen LogP) is 1.43. The molecule has 0 bridgehead atoms. The lowest BCUT2D eigenvalue weighted by Gasteiger charge is -2.03. The Morgan fingerprint density at radius 2 is 2.19 bits per heavy atom. The molecule has 2 rings (SSSR count). The molecule has 2 aromatic heterocycles. The van der Waals surface area contributed by atoms with Crippen molar-refractivity contribution in [2.45, 2.75) is 32.9 Å². The van der Waals surface area contributed by atoms with Gasteiger partial charge in [0.15, 0.2) is 0 Å². The molecule has 0 unspecified atom stereocenters. The SMILES string of the molecule is CCCNCc1cn(CCOCCc2ccccn2)nn1. The zero-order valence-corrected chi connectivity index (χ0v) is 12.5. The van der Waals surface area contributed by atoms with E-state index in [0.29, 0.717) is 13.2 Å². The van der Waals surface area contributed by atoms with Crippen molar-refractivity contribution < 1.29 is 4.74 Å². The molecule has 2 heterocycles. The quantitative estimate of drug-likeness (QED) is 0.670. The van der Waals surface area contributed by atoms with Crippen molar-refractivity contribution in [3.8, 4) is 0 Å². The van der Waals surface area contributed by atoms with Crippen LogP contribution in [-0.2, 0) is 24.2 Å². The molecule has 0 saturated carbocycles. The molecule has 2 aromatic rings. The van der Waals surface area contributed by atoms with Crippen LogP contribution in [0.4, 0.5) is 0 Å². The van der Waals surface area contributed by atoms with Crippen molar-refractivity contribution in [1.82, 2.24) is 25.3 Å². The lowest BCUT2D eigenvalue weighted by Crippen LogP contribution is -2.14. The summed E-state index contributed by atoms with van der Waals surface area (Å²) < 4.78 is 7.43. The summed E-state index contributed by atoms with van der Waals surface area (Å²) in [6, 6.07) is 5.92. The van der Waals surface area contributed by atoms with E-state index in [4.69, 9.17) is 4.74 Å². The summed E-state index contributed by atoms with van der Waals surface area (Å²) in [5.41, 5.74) is 2.03. The van der Waals surface area contributed by atoms with Gasteiger partial charge in [0.25, 0.3) is 0 Å². The second-order valence-corrected chi connectivity index (χ2v) is 4.83. The van der Waals surface area contributed by atoms with E-state index in [0.717, 1.165) is 43.9 Å². The van der Waals surface area contributed by atoms with Crippen molar-refractivity contribution in [3.63, 3.8) is 0 Å². The van der Waals surface area contributed by atoms with Gasteiger partial charge in [0, 0.05) is 31.1 Å². The topological polar surface area (TPSA) is 64.9 Å². The minimum atomic E-state index is 0.637. The lowest BCUT2D eigenvalue weighted by atomic mass is 10.3. The molecule has 1 N–H and O–H groups in total. The molecule has 0 aliphatic rings. The van der Waals surface area contributed by atoms with Gasteiger partial charge in [-0.25, -0.2) is 4.68 Å². The number of ether oxygens (including phenoxy) is 1. The van der Waals surface area contributed by atoms with Crippen molar-refractivity contribution in [2.24, 2.45) is 0 Å². The van der Waals surface area contributed by atoms with Crippen LogP contribution in [-0.4, -0.2) is 39.7 Å². The van der Waals surface area contributed by atoms with E-state index in [-0.39, 0.29) is 0 Å². The number of aromatic nitrogens is 4. The summed E-state index contributed by atoms with van der Waals surface area (Å²) in [6.07, 6.45) is 5.73. The third-order valence-corrected chi connectivity index (χ3v) is 3.01. The van der Waals surface area contributed by atoms with Gasteiger partial charge in [-0.2, -0.15) is 0 Å². The summed E-state index contributed by atoms with van der Waals surface area (Å²) in [5.74, 6) is 0. The van der Waals surface area contributed by atoms with Crippen LogP contribution in [0.5, 0.6) is 0 Å². The molecule has 6 nitrogen and oxygen atoms in total. The van der Waals surface area contributed by atoms with E-state index in [1.807, 2.05) is 29.1 Å². The molecule has 0 atom stereocenters. The predicted molar refractivity (Wildman–Crippen MR) is 80.8 cm³/mol. The average molecular weight is 289 g/mol. The second kappa shape index (κ2) is 9.20. The van der Waals surface area contributed by atoms with Crippen molar-refractivity contribution in [3.05, 3.63) is 42.0 Å². The van der Waals surface area contributed by atoms with Crippen LogP contribution in [0.1, 0.15) is 24.7 Å². The summed E-state index contributed by atoms with van der Waals surface area (Å²) in [6.45, 7) is 5.96. The van der Waals surface area contributed by atoms with Gasteiger partial charge >= 0.3 is 0 Å². The molecule has 6 heteroatoms. The molecule has 0 saturated heterocycles. The minimum Gasteiger partial charge on any atom is -0.379 e. The van der Waals surface area contributed by atoms with Crippen LogP contribution < -0.4 is 5.32 Å². The molecular weight excluding hydrogens is 266 g/mol. The maximum Gasteiger partial charge on any atom is 0.0964 e. The number of nitrogens with zero attached hydrogens (tertiary/aromatic N) is 4. The van der Waals surface area contributed by atoms with Gasteiger partial charge in [-0.1, -0.05) is 18.2 Å². The molecule has 0 aliphatic heterocycles. The Labute approximate surface area is 125 Å². The highest BCUT2D eigenvalue weighted by Crippen LogP contribution is 1.96. The van der Waals surface area contributed by atoms with Crippen molar-refractivity contribution >= 4 is 0 Å². The van der Waals surface area contributed by atoms with Crippen LogP contribution in [0.15, 0.2) is 30.6 Å². The first kappa shape index (κ1) is 15.6. The summed E-state index contributed by atoms with van der Waals surface area (Å²) in [7, 11) is 0. The molecule has 21 heavy (non-hydrogen) atoms. The molecule has 0 fully saturated rings. The second-order valence-electron chi connectivity index (χ2n) is 4.83. The van der Waals surface area contributed by atoms with Gasteiger partial charge < -0.3 is 10.1 Å². The first-order valence-corrected chi connectivity index (χ1v) is 7.46. The van der Waals surface area contributed by atoms with E-state index in [9.17, 15) is 0 Å². The Morgan fingerprint density at radius 3 is 3.00 bits per heavy atom. The fourth-order valence-electron chi connectivity index (χ4n) is 1.90. The number of pyridine rings is 1. The number of hydrogen-bond acceptors (Lipinski definition) is 5. The molecule has 0 aliphatic carbocycles. The Hall–Kier alpha value is -1.79. The summed E-state index contributed by atoms with van der Waals surface area (Å²) in [4.78, 5) is 4.26. The van der Waals surface area contributed by atoms with Gasteiger partial charge in [-0.05, 0) is 25.1 Å². The van der Waals surface area contributed by atoms with E-state index < -0.39 is 0 Å². The summed E-state index contributed by atoms with van der Waals surface area (Å²) >= 11 is 0. The molecule has 0 radical (unpaired) electrons. The zero-order valence-electron chi connectivity index (χ0n) is 12.5. The first-order valence-electron chi connectivity index (χ1n) is 7.46. The minimum absolute atomic E-state index is 0.637. The fraction of sp³-hybridized carbons (Fsp3) is 0.533. The highest BCUT2D eigenvalue weighted by Gasteiger charge is 2.00. The van der Waals surface area contributed by atoms with Crippen LogP contribution in [0, 0.1) is 0 Å². The average Bonchev–Trinajstić information content (AvgIpc) is 2.96. The van der Waals surface area contributed by atoms with Gasteiger partial charge in [-0.15, -0.1) is 5.10 Å². The van der Waals surface area contributed by atoms with Crippen molar-refractivity contribution in [2.75, 3.05) is 19.8 Å². The van der Waals surface area contributed by atoms with E-state index in [1.54, 1.807) is 6.20 Å². The maximum absolute atomic E-state index is 5.61. The molecule has 0 spiro atoms. The van der Waals surface area contributed by atoms with Crippen LogP contribution in [0.25, 0.3) is 0 Å². The highest BCUT2D eigenvalue weighted by molar-refractivity contribution is 5.03.